The van der Waals surface area contributed by atoms with Crippen LogP contribution in [-0.4, -0.2) is 18.6 Å². The van der Waals surface area contributed by atoms with E-state index in [0.29, 0.717) is 5.02 Å². The van der Waals surface area contributed by atoms with Crippen LogP contribution in [0.15, 0.2) is 18.2 Å². The summed E-state index contributed by atoms with van der Waals surface area (Å²) in [7, 11) is 1.71. The second kappa shape index (κ2) is 4.17. The van der Waals surface area contributed by atoms with Gasteiger partial charge >= 0.3 is 0 Å². The Morgan fingerprint density at radius 3 is 3.12 bits per heavy atom. The molecule has 2 heterocycles. The second-order valence-corrected chi connectivity index (χ2v) is 4.59. The van der Waals surface area contributed by atoms with E-state index in [0.717, 1.165) is 41.9 Å². The molecule has 0 amide bonds. The van der Waals surface area contributed by atoms with Gasteiger partial charge in [0.05, 0.1) is 18.3 Å². The molecule has 0 unspecified atom stereocenters. The van der Waals surface area contributed by atoms with E-state index in [9.17, 15) is 0 Å². The van der Waals surface area contributed by atoms with E-state index in [-0.39, 0.29) is 0 Å². The molecule has 0 atom stereocenters. The molecule has 0 bridgehead atoms. The summed E-state index contributed by atoms with van der Waals surface area (Å²) in [4.78, 5) is 4.66. The standard InChI is InChI=1S/C13H13ClN2O/c1-17-13-9-4-5-15-7-12(9)16-11-3-2-8(14)6-10(11)13/h2-3,6,15H,4-5,7H2,1H3. The summed E-state index contributed by atoms with van der Waals surface area (Å²) >= 11 is 6.04. The maximum absolute atomic E-state index is 6.04. The normalized spacial score (nSPS) is 14.7. The summed E-state index contributed by atoms with van der Waals surface area (Å²) in [5.41, 5.74) is 3.23. The molecule has 1 N–H and O–H groups in total. The third kappa shape index (κ3) is 1.75. The summed E-state index contributed by atoms with van der Waals surface area (Å²) in [6.07, 6.45) is 0.952. The minimum absolute atomic E-state index is 0.714. The SMILES string of the molecule is COc1c2c(nc3ccc(Cl)cc13)CNCC2. The maximum atomic E-state index is 6.04. The molecule has 3 rings (SSSR count). The molecule has 0 saturated heterocycles. The number of rotatable bonds is 1. The van der Waals surface area contributed by atoms with Crippen molar-refractivity contribution in [3.05, 3.63) is 34.5 Å². The van der Waals surface area contributed by atoms with E-state index in [2.05, 4.69) is 10.3 Å². The third-order valence-corrected chi connectivity index (χ3v) is 3.36. The number of nitrogens with one attached hydrogen (secondary N) is 1. The number of ether oxygens (including phenoxy) is 1. The zero-order chi connectivity index (χ0) is 11.8. The van der Waals surface area contributed by atoms with Gasteiger partial charge in [-0.25, -0.2) is 0 Å². The number of nitrogens with zero attached hydrogens (tertiary/aromatic N) is 1. The highest BCUT2D eigenvalue weighted by Gasteiger charge is 2.18. The van der Waals surface area contributed by atoms with Crippen LogP contribution in [0.2, 0.25) is 5.02 Å². The highest BCUT2D eigenvalue weighted by atomic mass is 35.5. The Morgan fingerprint density at radius 1 is 1.41 bits per heavy atom. The van der Waals surface area contributed by atoms with Crippen molar-refractivity contribution in [2.24, 2.45) is 0 Å². The molecule has 1 aliphatic rings. The van der Waals surface area contributed by atoms with E-state index >= 15 is 0 Å². The molecule has 2 aromatic rings. The Hall–Kier alpha value is -1.32. The first-order chi connectivity index (χ1) is 8.29. The summed E-state index contributed by atoms with van der Waals surface area (Å²) in [5.74, 6) is 0.925. The number of hydrogen-bond donors (Lipinski definition) is 1. The molecule has 3 nitrogen and oxygen atoms in total. The summed E-state index contributed by atoms with van der Waals surface area (Å²) in [6.45, 7) is 1.78. The van der Waals surface area contributed by atoms with E-state index in [1.807, 2.05) is 18.2 Å². The Balaban J connectivity index is 2.35. The molecule has 1 aromatic heterocycles. The van der Waals surface area contributed by atoms with Gasteiger partial charge in [0, 0.05) is 22.5 Å². The van der Waals surface area contributed by atoms with Crippen molar-refractivity contribution in [2.45, 2.75) is 13.0 Å². The van der Waals surface area contributed by atoms with Crippen LogP contribution >= 0.6 is 11.6 Å². The lowest BCUT2D eigenvalue weighted by Gasteiger charge is -2.20. The predicted octanol–water partition coefficient (Wildman–Crippen LogP) is 2.54. The largest absolute Gasteiger partial charge is 0.496 e. The molecule has 0 saturated carbocycles. The van der Waals surface area contributed by atoms with Crippen LogP contribution in [0.4, 0.5) is 0 Å². The van der Waals surface area contributed by atoms with Crippen LogP contribution in [0.1, 0.15) is 11.3 Å². The molecule has 0 radical (unpaired) electrons. The minimum Gasteiger partial charge on any atom is -0.496 e. The summed E-state index contributed by atoms with van der Waals surface area (Å²) < 4.78 is 5.55. The van der Waals surface area contributed by atoms with Gasteiger partial charge in [-0.05, 0) is 31.2 Å². The lowest BCUT2D eigenvalue weighted by atomic mass is 10.0. The first-order valence-electron chi connectivity index (χ1n) is 5.65. The molecule has 1 aromatic carbocycles. The fourth-order valence-electron chi connectivity index (χ4n) is 2.35. The van der Waals surface area contributed by atoms with E-state index in [4.69, 9.17) is 16.3 Å². The Labute approximate surface area is 105 Å². The number of halogens is 1. The van der Waals surface area contributed by atoms with Crippen LogP contribution in [-0.2, 0) is 13.0 Å². The Morgan fingerprint density at radius 2 is 2.29 bits per heavy atom. The van der Waals surface area contributed by atoms with Gasteiger partial charge in [0.15, 0.2) is 0 Å². The predicted molar refractivity (Wildman–Crippen MR) is 68.7 cm³/mol. The monoisotopic (exact) mass is 248 g/mol. The number of hydrogen-bond acceptors (Lipinski definition) is 3. The van der Waals surface area contributed by atoms with Crippen molar-refractivity contribution >= 4 is 22.5 Å². The number of methoxy groups -OCH3 is 1. The average Bonchev–Trinajstić information content (AvgIpc) is 2.36. The quantitative estimate of drug-likeness (QED) is 0.842. The van der Waals surface area contributed by atoms with Crippen LogP contribution in [0.3, 0.4) is 0 Å². The fraction of sp³-hybridized carbons (Fsp3) is 0.308. The lowest BCUT2D eigenvalue weighted by Crippen LogP contribution is -2.25. The highest BCUT2D eigenvalue weighted by Crippen LogP contribution is 2.33. The number of pyridine rings is 1. The van der Waals surface area contributed by atoms with Gasteiger partial charge in [0.1, 0.15) is 5.75 Å². The molecular weight excluding hydrogens is 236 g/mol. The first kappa shape index (κ1) is 10.8. The molecule has 0 fully saturated rings. The molecule has 17 heavy (non-hydrogen) atoms. The van der Waals surface area contributed by atoms with Crippen LogP contribution in [0.25, 0.3) is 10.9 Å². The topological polar surface area (TPSA) is 34.1 Å². The van der Waals surface area contributed by atoms with E-state index < -0.39 is 0 Å². The molecule has 0 aliphatic carbocycles. The van der Waals surface area contributed by atoms with E-state index in [1.54, 1.807) is 7.11 Å². The molecule has 88 valence electrons. The van der Waals surface area contributed by atoms with Crippen molar-refractivity contribution in [1.82, 2.24) is 10.3 Å². The number of fused-ring (bicyclic) bond motifs is 2. The van der Waals surface area contributed by atoms with Crippen LogP contribution in [0, 0.1) is 0 Å². The minimum atomic E-state index is 0.714. The first-order valence-corrected chi connectivity index (χ1v) is 6.03. The fourth-order valence-corrected chi connectivity index (χ4v) is 2.52. The van der Waals surface area contributed by atoms with Crippen molar-refractivity contribution in [2.75, 3.05) is 13.7 Å². The second-order valence-electron chi connectivity index (χ2n) is 4.16. The molecule has 1 aliphatic heterocycles. The summed E-state index contributed by atoms with van der Waals surface area (Å²) in [6, 6.07) is 5.72. The van der Waals surface area contributed by atoms with Crippen molar-refractivity contribution < 1.29 is 4.74 Å². The van der Waals surface area contributed by atoms with Crippen LogP contribution in [0.5, 0.6) is 5.75 Å². The van der Waals surface area contributed by atoms with Gasteiger partial charge in [-0.2, -0.15) is 0 Å². The van der Waals surface area contributed by atoms with Gasteiger partial charge in [0.25, 0.3) is 0 Å². The van der Waals surface area contributed by atoms with Crippen LogP contribution < -0.4 is 10.1 Å². The zero-order valence-corrected chi connectivity index (χ0v) is 10.3. The molecule has 4 heteroatoms. The zero-order valence-electron chi connectivity index (χ0n) is 9.59. The Bertz CT molecular complexity index is 583. The van der Waals surface area contributed by atoms with Gasteiger partial charge in [-0.15, -0.1) is 0 Å². The molecule has 0 spiro atoms. The highest BCUT2D eigenvalue weighted by molar-refractivity contribution is 6.31. The van der Waals surface area contributed by atoms with Gasteiger partial charge < -0.3 is 10.1 Å². The average molecular weight is 249 g/mol. The van der Waals surface area contributed by atoms with Gasteiger partial charge in [-0.1, -0.05) is 11.6 Å². The van der Waals surface area contributed by atoms with Crippen molar-refractivity contribution in [3.63, 3.8) is 0 Å². The van der Waals surface area contributed by atoms with Gasteiger partial charge in [-0.3, -0.25) is 4.98 Å². The molecular formula is C13H13ClN2O. The lowest BCUT2D eigenvalue weighted by molar-refractivity contribution is 0.410. The van der Waals surface area contributed by atoms with Crippen molar-refractivity contribution in [3.8, 4) is 5.75 Å². The maximum Gasteiger partial charge on any atom is 0.133 e. The van der Waals surface area contributed by atoms with Crippen molar-refractivity contribution in [1.29, 1.82) is 0 Å². The van der Waals surface area contributed by atoms with E-state index in [1.165, 1.54) is 5.56 Å². The number of aromatic nitrogens is 1. The number of benzene rings is 1. The third-order valence-electron chi connectivity index (χ3n) is 3.13. The van der Waals surface area contributed by atoms with Gasteiger partial charge in [0.2, 0.25) is 0 Å². The Kier molecular flexibility index (Phi) is 2.65. The summed E-state index contributed by atoms with van der Waals surface area (Å²) in [5, 5.41) is 5.04. The smallest absolute Gasteiger partial charge is 0.133 e.